The lowest BCUT2D eigenvalue weighted by Gasteiger charge is -2.18. The van der Waals surface area contributed by atoms with Crippen LogP contribution in [0.1, 0.15) is 284 Å². The van der Waals surface area contributed by atoms with Crippen LogP contribution in [-0.2, 0) is 28.6 Å². The van der Waals surface area contributed by atoms with Gasteiger partial charge in [-0.25, -0.2) is 0 Å². The summed E-state index contributed by atoms with van der Waals surface area (Å²) in [6.45, 7) is 6.63. The molecule has 0 aromatic carbocycles. The van der Waals surface area contributed by atoms with Gasteiger partial charge < -0.3 is 14.2 Å². The van der Waals surface area contributed by atoms with Gasteiger partial charge in [0.15, 0.2) is 6.10 Å². The first-order valence-corrected chi connectivity index (χ1v) is 26.4. The van der Waals surface area contributed by atoms with Crippen LogP contribution in [0.15, 0.2) is 24.3 Å². The van der Waals surface area contributed by atoms with Gasteiger partial charge >= 0.3 is 17.9 Å². The fourth-order valence-electron chi connectivity index (χ4n) is 7.73. The molecule has 0 aliphatic carbocycles. The Hall–Kier alpha value is -2.11. The normalized spacial score (nSPS) is 12.1. The van der Waals surface area contributed by atoms with Crippen molar-refractivity contribution >= 4 is 17.9 Å². The molecule has 0 bridgehead atoms. The monoisotopic (exact) mass is 845 g/mol. The maximum atomic E-state index is 12.8. The van der Waals surface area contributed by atoms with Gasteiger partial charge in [-0.3, -0.25) is 14.4 Å². The quantitative estimate of drug-likeness (QED) is 0.0263. The SMILES string of the molecule is CCCCCCCCC/C=C\C=C/CCCCCCCC(=O)OCC(COC(=O)CCCCCCCCCCC)OC(=O)CCCCCCCCCCCCCCCCC. The van der Waals surface area contributed by atoms with E-state index in [-0.39, 0.29) is 31.1 Å². The molecule has 0 heterocycles. The van der Waals surface area contributed by atoms with Crippen LogP contribution < -0.4 is 0 Å². The van der Waals surface area contributed by atoms with E-state index in [1.54, 1.807) is 0 Å². The number of hydrogen-bond donors (Lipinski definition) is 0. The molecule has 0 spiro atoms. The summed E-state index contributed by atoms with van der Waals surface area (Å²) in [7, 11) is 0. The molecule has 0 aliphatic rings. The van der Waals surface area contributed by atoms with Crippen molar-refractivity contribution in [2.45, 2.75) is 290 Å². The highest BCUT2D eigenvalue weighted by atomic mass is 16.6. The fourth-order valence-corrected chi connectivity index (χ4v) is 7.73. The lowest BCUT2D eigenvalue weighted by Crippen LogP contribution is -2.30. The molecule has 0 aliphatic heterocycles. The highest BCUT2D eigenvalue weighted by molar-refractivity contribution is 5.71. The third-order valence-electron chi connectivity index (χ3n) is 11.7. The lowest BCUT2D eigenvalue weighted by atomic mass is 10.0. The molecule has 1 atom stereocenters. The van der Waals surface area contributed by atoms with Crippen LogP contribution in [0.4, 0.5) is 0 Å². The second kappa shape index (κ2) is 49.5. The molecule has 0 saturated carbocycles. The van der Waals surface area contributed by atoms with Crippen molar-refractivity contribution in [2.75, 3.05) is 13.2 Å². The topological polar surface area (TPSA) is 78.9 Å². The molecule has 0 fully saturated rings. The molecule has 60 heavy (non-hydrogen) atoms. The van der Waals surface area contributed by atoms with E-state index in [0.29, 0.717) is 19.3 Å². The van der Waals surface area contributed by atoms with Gasteiger partial charge in [-0.05, 0) is 44.9 Å². The first-order valence-electron chi connectivity index (χ1n) is 26.4. The third-order valence-corrected chi connectivity index (χ3v) is 11.7. The molecule has 0 rings (SSSR count). The average molecular weight is 845 g/mol. The van der Waals surface area contributed by atoms with Gasteiger partial charge in [-0.1, -0.05) is 244 Å². The Morgan fingerprint density at radius 3 is 0.883 bits per heavy atom. The van der Waals surface area contributed by atoms with E-state index in [0.717, 1.165) is 77.0 Å². The molecule has 0 radical (unpaired) electrons. The number of ether oxygens (including phenoxy) is 3. The second-order valence-electron chi connectivity index (χ2n) is 17.8. The van der Waals surface area contributed by atoms with E-state index in [4.69, 9.17) is 14.2 Å². The number of unbranched alkanes of at least 4 members (excludes halogenated alkanes) is 34. The van der Waals surface area contributed by atoms with E-state index in [9.17, 15) is 14.4 Å². The van der Waals surface area contributed by atoms with Gasteiger partial charge in [-0.2, -0.15) is 0 Å². The Morgan fingerprint density at radius 1 is 0.333 bits per heavy atom. The predicted octanol–water partition coefficient (Wildman–Crippen LogP) is 17.2. The molecule has 0 amide bonds. The highest BCUT2D eigenvalue weighted by Gasteiger charge is 2.19. The maximum absolute atomic E-state index is 12.8. The van der Waals surface area contributed by atoms with Crippen LogP contribution in [0, 0.1) is 0 Å². The zero-order valence-electron chi connectivity index (χ0n) is 40.2. The number of allylic oxidation sites excluding steroid dienone is 4. The summed E-state index contributed by atoms with van der Waals surface area (Å²) in [5.74, 6) is -0.876. The number of carbonyl (C=O) groups is 3. The summed E-state index contributed by atoms with van der Waals surface area (Å²) < 4.78 is 16.8. The van der Waals surface area contributed by atoms with Gasteiger partial charge in [0.25, 0.3) is 0 Å². The Labute approximate surface area is 373 Å². The molecule has 1 unspecified atom stereocenters. The number of esters is 3. The van der Waals surface area contributed by atoms with Crippen LogP contribution in [0.25, 0.3) is 0 Å². The van der Waals surface area contributed by atoms with Crippen molar-refractivity contribution in [3.05, 3.63) is 24.3 Å². The summed E-state index contributed by atoms with van der Waals surface area (Å²) in [4.78, 5) is 37.9. The van der Waals surface area contributed by atoms with Gasteiger partial charge in [0.1, 0.15) is 13.2 Å². The van der Waals surface area contributed by atoms with Crippen molar-refractivity contribution < 1.29 is 28.6 Å². The first kappa shape index (κ1) is 57.9. The average Bonchev–Trinajstić information content (AvgIpc) is 3.24. The van der Waals surface area contributed by atoms with Gasteiger partial charge in [-0.15, -0.1) is 0 Å². The lowest BCUT2D eigenvalue weighted by molar-refractivity contribution is -0.167. The predicted molar refractivity (Wildman–Crippen MR) is 256 cm³/mol. The minimum atomic E-state index is -0.770. The molecule has 0 N–H and O–H groups in total. The van der Waals surface area contributed by atoms with Crippen molar-refractivity contribution in [3.8, 4) is 0 Å². The van der Waals surface area contributed by atoms with E-state index >= 15 is 0 Å². The summed E-state index contributed by atoms with van der Waals surface area (Å²) in [5.41, 5.74) is 0. The number of rotatable bonds is 48. The standard InChI is InChI=1S/C54H100O6/c1-4-7-10-13-16-19-21-23-25-26-27-29-30-32-35-38-41-44-47-53(56)59-50-51(49-58-52(55)46-43-40-37-34-18-15-12-9-6-3)60-54(57)48-45-42-39-36-33-31-28-24-22-20-17-14-11-8-5-2/h25-27,29,51H,4-24,28,30-50H2,1-3H3/b26-25-,29-27-. The highest BCUT2D eigenvalue weighted by Crippen LogP contribution is 2.16. The van der Waals surface area contributed by atoms with E-state index < -0.39 is 6.10 Å². The first-order chi connectivity index (χ1) is 29.5. The Morgan fingerprint density at radius 2 is 0.583 bits per heavy atom. The summed E-state index contributed by atoms with van der Waals surface area (Å²) in [6.07, 6.45) is 55.9. The second-order valence-corrected chi connectivity index (χ2v) is 17.8. The van der Waals surface area contributed by atoms with Crippen molar-refractivity contribution in [2.24, 2.45) is 0 Å². The van der Waals surface area contributed by atoms with Crippen molar-refractivity contribution in [1.29, 1.82) is 0 Å². The maximum Gasteiger partial charge on any atom is 0.306 e. The van der Waals surface area contributed by atoms with E-state index in [1.165, 1.54) is 167 Å². The van der Waals surface area contributed by atoms with Crippen LogP contribution in [-0.4, -0.2) is 37.2 Å². The number of hydrogen-bond acceptors (Lipinski definition) is 6. The molecule has 0 aromatic heterocycles. The van der Waals surface area contributed by atoms with Crippen molar-refractivity contribution in [1.82, 2.24) is 0 Å². The Balaban J connectivity index is 4.30. The molecule has 352 valence electrons. The Bertz CT molecular complexity index is 973. The molecule has 0 aromatic rings. The minimum Gasteiger partial charge on any atom is -0.462 e. The van der Waals surface area contributed by atoms with Crippen LogP contribution >= 0.6 is 0 Å². The van der Waals surface area contributed by atoms with E-state index in [2.05, 4.69) is 45.1 Å². The molecule has 6 heteroatoms. The minimum absolute atomic E-state index is 0.0719. The largest absolute Gasteiger partial charge is 0.462 e. The summed E-state index contributed by atoms with van der Waals surface area (Å²) >= 11 is 0. The van der Waals surface area contributed by atoms with Crippen LogP contribution in [0.3, 0.4) is 0 Å². The number of carbonyl (C=O) groups excluding carboxylic acids is 3. The molecular weight excluding hydrogens is 745 g/mol. The third kappa shape index (κ3) is 46.9. The van der Waals surface area contributed by atoms with Gasteiger partial charge in [0.05, 0.1) is 0 Å². The zero-order chi connectivity index (χ0) is 43.7. The van der Waals surface area contributed by atoms with Crippen LogP contribution in [0.2, 0.25) is 0 Å². The van der Waals surface area contributed by atoms with Crippen LogP contribution in [0.5, 0.6) is 0 Å². The zero-order valence-corrected chi connectivity index (χ0v) is 40.2. The van der Waals surface area contributed by atoms with Gasteiger partial charge in [0.2, 0.25) is 0 Å². The van der Waals surface area contributed by atoms with Gasteiger partial charge in [0, 0.05) is 19.3 Å². The molecule has 0 saturated heterocycles. The fraction of sp³-hybridized carbons (Fsp3) is 0.870. The smallest absolute Gasteiger partial charge is 0.306 e. The van der Waals surface area contributed by atoms with Crippen molar-refractivity contribution in [3.63, 3.8) is 0 Å². The summed E-state index contributed by atoms with van der Waals surface area (Å²) in [5, 5.41) is 0. The summed E-state index contributed by atoms with van der Waals surface area (Å²) in [6, 6.07) is 0. The molecular formula is C54H100O6. The van der Waals surface area contributed by atoms with E-state index in [1.807, 2.05) is 0 Å². The molecule has 6 nitrogen and oxygen atoms in total. The Kier molecular flexibility index (Phi) is 47.8.